The van der Waals surface area contributed by atoms with E-state index in [1.807, 2.05) is 0 Å². The third kappa shape index (κ3) is 5.03. The number of nitrogens with zero attached hydrogens (tertiary/aromatic N) is 1. The average Bonchev–Trinajstić information content (AvgIpc) is 3.30. The van der Waals surface area contributed by atoms with Crippen LogP contribution in [0.3, 0.4) is 0 Å². The first-order chi connectivity index (χ1) is 13.3. The van der Waals surface area contributed by atoms with Gasteiger partial charge in [-0.25, -0.2) is 13.1 Å². The minimum Gasteiger partial charge on any atom is -0.330 e. The standard InChI is InChI=1S/C17H17Cl2N3O4S2/c18-11-7-12(19)9-13(8-11)21-17(24)14-3-1-5-22(14)15(23)10-20-28(25,26)16-4-2-6-27-16/h2,4,6-9,14,20H,1,3,5,10H2,(H,21,24). The average molecular weight is 462 g/mol. The number of nitrogens with one attached hydrogen (secondary N) is 2. The number of carbonyl (C=O) groups excluding carboxylic acids is 2. The number of halogens is 2. The van der Waals surface area contributed by atoms with E-state index in [0.29, 0.717) is 35.1 Å². The van der Waals surface area contributed by atoms with Gasteiger partial charge in [0.05, 0.1) is 6.54 Å². The molecule has 0 aliphatic carbocycles. The summed E-state index contributed by atoms with van der Waals surface area (Å²) >= 11 is 12.9. The van der Waals surface area contributed by atoms with Crippen molar-refractivity contribution < 1.29 is 18.0 Å². The minimum absolute atomic E-state index is 0.133. The fourth-order valence-electron chi connectivity index (χ4n) is 2.94. The van der Waals surface area contributed by atoms with Crippen molar-refractivity contribution in [1.82, 2.24) is 9.62 Å². The van der Waals surface area contributed by atoms with E-state index in [2.05, 4.69) is 10.0 Å². The molecule has 1 aliphatic rings. The molecule has 0 spiro atoms. The minimum atomic E-state index is -3.75. The molecule has 1 unspecified atom stereocenters. The van der Waals surface area contributed by atoms with Gasteiger partial charge in [0.25, 0.3) is 10.0 Å². The number of amides is 2. The van der Waals surface area contributed by atoms with E-state index in [0.717, 1.165) is 11.3 Å². The Kier molecular flexibility index (Phi) is 6.61. The Bertz CT molecular complexity index is 960. The summed E-state index contributed by atoms with van der Waals surface area (Å²) in [5.41, 5.74) is 0.431. The van der Waals surface area contributed by atoms with Crippen LogP contribution in [-0.2, 0) is 19.6 Å². The molecule has 0 bridgehead atoms. The number of rotatable bonds is 6. The van der Waals surface area contributed by atoms with Crippen LogP contribution in [0.25, 0.3) is 0 Å². The van der Waals surface area contributed by atoms with Gasteiger partial charge >= 0.3 is 0 Å². The zero-order chi connectivity index (χ0) is 20.3. The van der Waals surface area contributed by atoms with E-state index in [9.17, 15) is 18.0 Å². The Morgan fingerprint density at radius 3 is 2.57 bits per heavy atom. The maximum Gasteiger partial charge on any atom is 0.250 e. The van der Waals surface area contributed by atoms with Gasteiger partial charge in [-0.1, -0.05) is 29.3 Å². The zero-order valence-electron chi connectivity index (χ0n) is 14.5. The molecule has 0 radical (unpaired) electrons. The van der Waals surface area contributed by atoms with Gasteiger partial charge in [0.15, 0.2) is 0 Å². The van der Waals surface area contributed by atoms with Gasteiger partial charge in [-0.05, 0) is 42.5 Å². The van der Waals surface area contributed by atoms with Crippen molar-refractivity contribution in [2.75, 3.05) is 18.4 Å². The first-order valence-electron chi connectivity index (χ1n) is 8.36. The second-order valence-electron chi connectivity index (χ2n) is 6.15. The molecular formula is C17H17Cl2N3O4S2. The van der Waals surface area contributed by atoms with E-state index in [1.54, 1.807) is 29.6 Å². The van der Waals surface area contributed by atoms with Crippen molar-refractivity contribution in [3.8, 4) is 0 Å². The quantitative estimate of drug-likeness (QED) is 0.690. The van der Waals surface area contributed by atoms with E-state index in [1.165, 1.54) is 11.0 Å². The van der Waals surface area contributed by atoms with E-state index in [-0.39, 0.29) is 10.1 Å². The summed E-state index contributed by atoms with van der Waals surface area (Å²) in [6.07, 6.45) is 1.14. The lowest BCUT2D eigenvalue weighted by Crippen LogP contribution is -2.47. The first-order valence-corrected chi connectivity index (χ1v) is 11.5. The summed E-state index contributed by atoms with van der Waals surface area (Å²) in [6.45, 7) is -0.0268. The molecule has 2 aromatic rings. The predicted molar refractivity (Wildman–Crippen MR) is 109 cm³/mol. The van der Waals surface area contributed by atoms with Gasteiger partial charge in [0.1, 0.15) is 10.3 Å². The highest BCUT2D eigenvalue weighted by molar-refractivity contribution is 7.91. The van der Waals surface area contributed by atoms with Crippen molar-refractivity contribution in [3.63, 3.8) is 0 Å². The lowest BCUT2D eigenvalue weighted by molar-refractivity contribution is -0.135. The number of anilines is 1. The highest BCUT2D eigenvalue weighted by Crippen LogP contribution is 2.24. The molecule has 2 N–H and O–H groups in total. The summed E-state index contributed by atoms with van der Waals surface area (Å²) < 4.78 is 26.7. The topological polar surface area (TPSA) is 95.6 Å². The van der Waals surface area contributed by atoms with E-state index in [4.69, 9.17) is 23.2 Å². The number of hydrogen-bond donors (Lipinski definition) is 2. The lowest BCUT2D eigenvalue weighted by atomic mass is 10.2. The van der Waals surface area contributed by atoms with Crippen molar-refractivity contribution in [2.24, 2.45) is 0 Å². The van der Waals surface area contributed by atoms with Gasteiger partial charge in [0.2, 0.25) is 11.8 Å². The van der Waals surface area contributed by atoms with Gasteiger partial charge < -0.3 is 10.2 Å². The molecule has 11 heteroatoms. The summed E-state index contributed by atoms with van der Waals surface area (Å²) in [5, 5.41) is 5.10. The molecule has 28 heavy (non-hydrogen) atoms. The van der Waals surface area contributed by atoms with E-state index < -0.39 is 28.5 Å². The maximum absolute atomic E-state index is 12.6. The van der Waals surface area contributed by atoms with Gasteiger partial charge in [0, 0.05) is 22.3 Å². The number of benzene rings is 1. The van der Waals surface area contributed by atoms with Crippen LogP contribution in [0.5, 0.6) is 0 Å². The maximum atomic E-state index is 12.6. The molecule has 1 atom stereocenters. The number of thiophene rings is 1. The third-order valence-corrected chi connectivity index (χ3v) is 7.41. The molecular weight excluding hydrogens is 445 g/mol. The number of carbonyl (C=O) groups is 2. The normalized spacial score (nSPS) is 16.9. The van der Waals surface area contributed by atoms with Gasteiger partial charge in [-0.2, -0.15) is 0 Å². The van der Waals surface area contributed by atoms with Crippen LogP contribution in [0.1, 0.15) is 12.8 Å². The van der Waals surface area contributed by atoms with Crippen molar-refractivity contribution in [3.05, 3.63) is 45.8 Å². The first kappa shape index (κ1) is 21.1. The fourth-order valence-corrected chi connectivity index (χ4v) is 5.47. The molecule has 1 aromatic heterocycles. The largest absolute Gasteiger partial charge is 0.330 e. The molecule has 150 valence electrons. The molecule has 1 saturated heterocycles. The predicted octanol–water partition coefficient (Wildman–Crippen LogP) is 2.96. The SMILES string of the molecule is O=C(Nc1cc(Cl)cc(Cl)c1)C1CCCN1C(=O)CNS(=O)(=O)c1cccs1. The highest BCUT2D eigenvalue weighted by Gasteiger charge is 2.34. The molecule has 2 amide bonds. The number of hydrogen-bond acceptors (Lipinski definition) is 5. The van der Waals surface area contributed by atoms with Crippen LogP contribution >= 0.6 is 34.5 Å². The summed E-state index contributed by atoms with van der Waals surface area (Å²) in [6, 6.07) is 7.05. The van der Waals surface area contributed by atoms with Gasteiger partial charge in [-0.15, -0.1) is 11.3 Å². The van der Waals surface area contributed by atoms with Crippen molar-refractivity contribution >= 4 is 62.1 Å². The van der Waals surface area contributed by atoms with Crippen LogP contribution < -0.4 is 10.0 Å². The Balaban J connectivity index is 1.63. The molecule has 7 nitrogen and oxygen atoms in total. The van der Waals surface area contributed by atoms with Crippen molar-refractivity contribution in [1.29, 1.82) is 0 Å². The molecule has 2 heterocycles. The smallest absolute Gasteiger partial charge is 0.250 e. The number of likely N-dealkylation sites (tertiary alicyclic amines) is 1. The molecule has 1 fully saturated rings. The molecule has 0 saturated carbocycles. The third-order valence-electron chi connectivity index (χ3n) is 4.18. The summed E-state index contributed by atoms with van der Waals surface area (Å²) in [5.74, 6) is -0.827. The second-order valence-corrected chi connectivity index (χ2v) is 9.96. The van der Waals surface area contributed by atoms with Crippen LogP contribution in [0.4, 0.5) is 5.69 Å². The fraction of sp³-hybridized carbons (Fsp3) is 0.294. The molecule has 1 aromatic carbocycles. The van der Waals surface area contributed by atoms with Crippen molar-refractivity contribution in [2.45, 2.75) is 23.1 Å². The highest BCUT2D eigenvalue weighted by atomic mass is 35.5. The second kappa shape index (κ2) is 8.79. The Morgan fingerprint density at radius 2 is 1.93 bits per heavy atom. The molecule has 1 aliphatic heterocycles. The lowest BCUT2D eigenvalue weighted by Gasteiger charge is -2.24. The monoisotopic (exact) mass is 461 g/mol. The van der Waals surface area contributed by atoms with Gasteiger partial charge in [-0.3, -0.25) is 9.59 Å². The Morgan fingerprint density at radius 1 is 1.21 bits per heavy atom. The molecule has 3 rings (SSSR count). The summed E-state index contributed by atoms with van der Waals surface area (Å²) in [7, 11) is -3.75. The van der Waals surface area contributed by atoms with Crippen LogP contribution in [0.15, 0.2) is 39.9 Å². The summed E-state index contributed by atoms with van der Waals surface area (Å²) in [4.78, 5) is 26.5. The Labute approximate surface area is 176 Å². The zero-order valence-corrected chi connectivity index (χ0v) is 17.7. The Hall–Kier alpha value is -1.65. The van der Waals surface area contributed by atoms with Crippen LogP contribution in [-0.4, -0.2) is 44.3 Å². The van der Waals surface area contributed by atoms with Crippen LogP contribution in [0.2, 0.25) is 10.0 Å². The van der Waals surface area contributed by atoms with Crippen LogP contribution in [0, 0.1) is 0 Å². The number of sulfonamides is 1. The van der Waals surface area contributed by atoms with E-state index >= 15 is 0 Å².